The van der Waals surface area contributed by atoms with Crippen LogP contribution >= 0.6 is 0 Å². The summed E-state index contributed by atoms with van der Waals surface area (Å²) in [6.45, 7) is 1.69. The third-order valence-corrected chi connectivity index (χ3v) is 6.57. The highest BCUT2D eigenvalue weighted by Crippen LogP contribution is 2.25. The van der Waals surface area contributed by atoms with E-state index in [2.05, 4.69) is 5.32 Å². The lowest BCUT2D eigenvalue weighted by Gasteiger charge is -2.34. The maximum atomic E-state index is 13.1. The molecular weight excluding hydrogens is 354 g/mol. The molecular formula is C18H29N3O4S. The van der Waals surface area contributed by atoms with Crippen LogP contribution in [0.3, 0.4) is 0 Å². The number of nitrogens with one attached hydrogen (secondary N) is 1. The molecule has 1 unspecified atom stereocenters. The van der Waals surface area contributed by atoms with Crippen molar-refractivity contribution in [2.24, 2.45) is 5.73 Å². The van der Waals surface area contributed by atoms with Crippen molar-refractivity contribution < 1.29 is 17.9 Å². The van der Waals surface area contributed by atoms with Crippen LogP contribution in [0.25, 0.3) is 0 Å². The van der Waals surface area contributed by atoms with Crippen molar-refractivity contribution in [3.05, 3.63) is 29.8 Å². The van der Waals surface area contributed by atoms with Gasteiger partial charge in [0.1, 0.15) is 0 Å². The molecule has 0 bridgehead atoms. The van der Waals surface area contributed by atoms with E-state index in [1.54, 1.807) is 19.2 Å². The fourth-order valence-corrected chi connectivity index (χ4v) is 4.82. The molecule has 2 rings (SSSR count). The average molecular weight is 384 g/mol. The van der Waals surface area contributed by atoms with Crippen molar-refractivity contribution in [3.8, 4) is 0 Å². The first-order chi connectivity index (χ1) is 12.5. The maximum Gasteiger partial charge on any atom is 0.243 e. The normalized spacial score (nSPS) is 18.6. The molecule has 1 aliphatic rings. The Morgan fingerprint density at radius 3 is 2.69 bits per heavy atom. The molecule has 7 nitrogen and oxygen atoms in total. The minimum absolute atomic E-state index is 0.141. The van der Waals surface area contributed by atoms with E-state index in [0.29, 0.717) is 24.6 Å². The molecule has 0 radical (unpaired) electrons. The van der Waals surface area contributed by atoms with Gasteiger partial charge in [0.05, 0.1) is 11.5 Å². The first kappa shape index (κ1) is 20.8. The number of piperidine rings is 1. The van der Waals surface area contributed by atoms with Crippen LogP contribution in [0.15, 0.2) is 29.2 Å². The second kappa shape index (κ2) is 10.0. The number of carbonyl (C=O) groups excluding carboxylic acids is 1. The van der Waals surface area contributed by atoms with Crippen molar-refractivity contribution >= 4 is 15.9 Å². The Morgan fingerprint density at radius 1 is 1.31 bits per heavy atom. The SMILES string of the molecule is COCCc1ccc(S(=O)(=O)N2CCCCC2CNC(=O)CCN)cc1. The number of rotatable bonds is 9. The van der Waals surface area contributed by atoms with Crippen LogP contribution in [-0.4, -0.2) is 58.0 Å². The summed E-state index contributed by atoms with van der Waals surface area (Å²) in [5.74, 6) is -0.141. The third-order valence-electron chi connectivity index (χ3n) is 4.60. The van der Waals surface area contributed by atoms with Gasteiger partial charge < -0.3 is 15.8 Å². The molecule has 0 spiro atoms. The van der Waals surface area contributed by atoms with Crippen LogP contribution in [0.5, 0.6) is 0 Å². The van der Waals surface area contributed by atoms with Gasteiger partial charge in [-0.1, -0.05) is 18.6 Å². The van der Waals surface area contributed by atoms with Crippen LogP contribution in [-0.2, 0) is 26.0 Å². The Labute approximate surface area is 155 Å². The number of carbonyl (C=O) groups is 1. The van der Waals surface area contributed by atoms with Gasteiger partial charge >= 0.3 is 0 Å². The second-order valence-corrected chi connectivity index (χ2v) is 8.39. The van der Waals surface area contributed by atoms with E-state index < -0.39 is 10.0 Å². The number of nitrogens with zero attached hydrogens (tertiary/aromatic N) is 1. The van der Waals surface area contributed by atoms with Crippen LogP contribution < -0.4 is 11.1 Å². The lowest BCUT2D eigenvalue weighted by atomic mass is 10.1. The number of ether oxygens (including phenoxy) is 1. The predicted octanol–water partition coefficient (Wildman–Crippen LogP) is 0.884. The molecule has 1 saturated heterocycles. The van der Waals surface area contributed by atoms with Crippen molar-refractivity contribution in [3.63, 3.8) is 0 Å². The molecule has 26 heavy (non-hydrogen) atoms. The van der Waals surface area contributed by atoms with Gasteiger partial charge in [0.2, 0.25) is 15.9 Å². The lowest BCUT2D eigenvalue weighted by molar-refractivity contribution is -0.121. The summed E-state index contributed by atoms with van der Waals surface area (Å²) in [5.41, 5.74) is 6.42. The van der Waals surface area contributed by atoms with E-state index in [4.69, 9.17) is 10.5 Å². The highest BCUT2D eigenvalue weighted by atomic mass is 32.2. The molecule has 0 aromatic heterocycles. The van der Waals surface area contributed by atoms with E-state index in [9.17, 15) is 13.2 Å². The van der Waals surface area contributed by atoms with Gasteiger partial charge in [0, 0.05) is 39.2 Å². The molecule has 1 amide bonds. The minimum Gasteiger partial charge on any atom is -0.384 e. The Hall–Kier alpha value is -1.48. The van der Waals surface area contributed by atoms with Crippen LogP contribution in [0, 0.1) is 0 Å². The highest BCUT2D eigenvalue weighted by molar-refractivity contribution is 7.89. The number of hydrogen-bond donors (Lipinski definition) is 2. The zero-order valence-electron chi connectivity index (χ0n) is 15.3. The Balaban J connectivity index is 2.09. The largest absolute Gasteiger partial charge is 0.384 e. The van der Waals surface area contributed by atoms with Crippen LogP contribution in [0.1, 0.15) is 31.2 Å². The number of amides is 1. The topological polar surface area (TPSA) is 102 Å². The number of nitrogens with two attached hydrogens (primary N) is 1. The molecule has 3 N–H and O–H groups in total. The van der Waals surface area contributed by atoms with E-state index in [0.717, 1.165) is 31.2 Å². The number of sulfonamides is 1. The van der Waals surface area contributed by atoms with E-state index >= 15 is 0 Å². The Bertz CT molecular complexity index is 676. The van der Waals surface area contributed by atoms with Crippen LogP contribution in [0.2, 0.25) is 0 Å². The standard InChI is InChI=1S/C18H29N3O4S/c1-25-13-10-15-5-7-17(8-6-15)26(23,24)21-12-3-2-4-16(21)14-20-18(22)9-11-19/h5-8,16H,2-4,9-14,19H2,1H3,(H,20,22). The van der Waals surface area contributed by atoms with Gasteiger partial charge in [-0.15, -0.1) is 0 Å². The van der Waals surface area contributed by atoms with E-state index in [-0.39, 0.29) is 24.9 Å². The summed E-state index contributed by atoms with van der Waals surface area (Å²) in [7, 11) is -1.94. The fraction of sp³-hybridized carbons (Fsp3) is 0.611. The van der Waals surface area contributed by atoms with Crippen molar-refractivity contribution in [2.45, 2.75) is 43.0 Å². The lowest BCUT2D eigenvalue weighted by Crippen LogP contribution is -2.49. The number of benzene rings is 1. The van der Waals surface area contributed by atoms with Crippen molar-refractivity contribution in [1.29, 1.82) is 0 Å². The minimum atomic E-state index is -3.58. The van der Waals surface area contributed by atoms with Gasteiger partial charge in [0.25, 0.3) is 0 Å². The molecule has 1 aromatic carbocycles. The molecule has 146 valence electrons. The molecule has 0 aliphatic carbocycles. The van der Waals surface area contributed by atoms with Crippen LogP contribution in [0.4, 0.5) is 0 Å². The van der Waals surface area contributed by atoms with Crippen molar-refractivity contribution in [2.75, 3.05) is 33.4 Å². The molecule has 1 aromatic rings. The van der Waals surface area contributed by atoms with E-state index in [1.165, 1.54) is 4.31 Å². The fourth-order valence-electron chi connectivity index (χ4n) is 3.13. The molecule has 8 heteroatoms. The summed E-state index contributed by atoms with van der Waals surface area (Å²) in [6, 6.07) is 6.74. The van der Waals surface area contributed by atoms with Gasteiger partial charge in [0.15, 0.2) is 0 Å². The zero-order valence-corrected chi connectivity index (χ0v) is 16.1. The maximum absolute atomic E-state index is 13.1. The van der Waals surface area contributed by atoms with Gasteiger partial charge in [-0.25, -0.2) is 8.42 Å². The molecule has 1 heterocycles. The number of methoxy groups -OCH3 is 1. The Kier molecular flexibility index (Phi) is 8.02. The van der Waals surface area contributed by atoms with Crippen molar-refractivity contribution in [1.82, 2.24) is 9.62 Å². The summed E-state index contributed by atoms with van der Waals surface area (Å²) >= 11 is 0. The smallest absolute Gasteiger partial charge is 0.243 e. The summed E-state index contributed by atoms with van der Waals surface area (Å²) in [4.78, 5) is 12.0. The highest BCUT2D eigenvalue weighted by Gasteiger charge is 2.33. The summed E-state index contributed by atoms with van der Waals surface area (Å²) in [5, 5.41) is 2.80. The summed E-state index contributed by atoms with van der Waals surface area (Å²) in [6.07, 6.45) is 3.53. The first-order valence-corrected chi connectivity index (χ1v) is 10.5. The second-order valence-electron chi connectivity index (χ2n) is 6.49. The molecule has 0 saturated carbocycles. The van der Waals surface area contributed by atoms with E-state index in [1.807, 2.05) is 12.1 Å². The molecule has 1 aliphatic heterocycles. The average Bonchev–Trinajstić information content (AvgIpc) is 2.65. The Morgan fingerprint density at radius 2 is 2.04 bits per heavy atom. The molecule has 1 atom stereocenters. The van der Waals surface area contributed by atoms with Gasteiger partial charge in [-0.3, -0.25) is 4.79 Å². The monoisotopic (exact) mass is 383 g/mol. The molecule has 1 fully saturated rings. The third kappa shape index (κ3) is 5.51. The van der Waals surface area contributed by atoms with Gasteiger partial charge in [-0.2, -0.15) is 4.31 Å². The zero-order chi connectivity index (χ0) is 19.0. The van der Waals surface area contributed by atoms with Gasteiger partial charge in [-0.05, 0) is 37.0 Å². The number of hydrogen-bond acceptors (Lipinski definition) is 5. The predicted molar refractivity (Wildman–Crippen MR) is 100 cm³/mol. The first-order valence-electron chi connectivity index (χ1n) is 9.05. The summed E-state index contributed by atoms with van der Waals surface area (Å²) < 4.78 is 32.7. The quantitative estimate of drug-likeness (QED) is 0.659.